The molecule has 2 fully saturated rings. The van der Waals surface area contributed by atoms with Crippen LogP contribution in [0.2, 0.25) is 0 Å². The summed E-state index contributed by atoms with van der Waals surface area (Å²) in [6.45, 7) is 8.79. The summed E-state index contributed by atoms with van der Waals surface area (Å²) in [4.78, 5) is 38.5. The third-order valence-corrected chi connectivity index (χ3v) is 6.22. The van der Waals surface area contributed by atoms with Crippen LogP contribution in [0.1, 0.15) is 58.9 Å². The van der Waals surface area contributed by atoms with Crippen LogP contribution in [0.15, 0.2) is 24.3 Å². The molecular weight excluding hydrogens is 382 g/mol. The quantitative estimate of drug-likeness (QED) is 0.552. The van der Waals surface area contributed by atoms with E-state index in [1.54, 1.807) is 0 Å². The third kappa shape index (κ3) is 4.60. The lowest BCUT2D eigenvalue weighted by molar-refractivity contribution is -0.137. The molecule has 4 amide bonds. The standard InChI is InChI=1S/C23H33N3O4/c1-16-7-5-6-12-23(16)20(28)26(21(29)25-23)15-19(27)24-13-14-30-18-10-8-17(9-11-18)22(2,3)4/h8-11,16H,5-7,12-15H2,1-4H3,(H,24,27)(H,25,29)/t16-,23+/m0/s1. The van der Waals surface area contributed by atoms with Crippen molar-refractivity contribution in [3.8, 4) is 5.75 Å². The number of benzene rings is 1. The average molecular weight is 416 g/mol. The van der Waals surface area contributed by atoms with Gasteiger partial charge in [-0.25, -0.2) is 4.79 Å². The molecule has 2 atom stereocenters. The molecule has 1 aliphatic carbocycles. The Morgan fingerprint density at radius 3 is 2.57 bits per heavy atom. The molecule has 1 aromatic carbocycles. The third-order valence-electron chi connectivity index (χ3n) is 6.22. The molecule has 7 heteroatoms. The normalized spacial score (nSPS) is 24.1. The fourth-order valence-corrected chi connectivity index (χ4v) is 4.25. The first-order chi connectivity index (χ1) is 14.1. The molecule has 3 rings (SSSR count). The van der Waals surface area contributed by atoms with Crippen LogP contribution in [0.3, 0.4) is 0 Å². The van der Waals surface area contributed by atoms with Crippen molar-refractivity contribution in [1.82, 2.24) is 15.5 Å². The van der Waals surface area contributed by atoms with Gasteiger partial charge in [-0.3, -0.25) is 14.5 Å². The van der Waals surface area contributed by atoms with E-state index in [0.29, 0.717) is 19.6 Å². The van der Waals surface area contributed by atoms with Gasteiger partial charge < -0.3 is 15.4 Å². The Balaban J connectivity index is 1.45. The molecule has 1 heterocycles. The fraction of sp³-hybridized carbons (Fsp3) is 0.609. The number of hydrogen-bond acceptors (Lipinski definition) is 4. The molecule has 1 spiro atoms. The molecule has 1 saturated carbocycles. The van der Waals surface area contributed by atoms with E-state index in [9.17, 15) is 14.4 Å². The number of nitrogens with zero attached hydrogens (tertiary/aromatic N) is 1. The topological polar surface area (TPSA) is 87.7 Å². The lowest BCUT2D eigenvalue weighted by atomic mass is 9.73. The fourth-order valence-electron chi connectivity index (χ4n) is 4.25. The van der Waals surface area contributed by atoms with E-state index in [1.165, 1.54) is 5.56 Å². The Labute approximate surface area is 178 Å². The number of nitrogens with one attached hydrogen (secondary N) is 2. The number of carbonyl (C=O) groups is 3. The summed E-state index contributed by atoms with van der Waals surface area (Å²) < 4.78 is 5.67. The molecule has 7 nitrogen and oxygen atoms in total. The predicted molar refractivity (Wildman–Crippen MR) is 114 cm³/mol. The number of urea groups is 1. The van der Waals surface area contributed by atoms with Gasteiger partial charge >= 0.3 is 6.03 Å². The van der Waals surface area contributed by atoms with Gasteiger partial charge in [0.2, 0.25) is 5.91 Å². The van der Waals surface area contributed by atoms with Gasteiger partial charge in [-0.1, -0.05) is 52.7 Å². The van der Waals surface area contributed by atoms with Crippen LogP contribution < -0.4 is 15.4 Å². The monoisotopic (exact) mass is 415 g/mol. The average Bonchev–Trinajstić information content (AvgIpc) is 2.92. The maximum absolute atomic E-state index is 12.9. The van der Waals surface area contributed by atoms with Gasteiger partial charge in [0.05, 0.1) is 6.54 Å². The van der Waals surface area contributed by atoms with E-state index >= 15 is 0 Å². The van der Waals surface area contributed by atoms with Crippen molar-refractivity contribution in [2.24, 2.45) is 5.92 Å². The van der Waals surface area contributed by atoms with Crippen LogP contribution in [-0.2, 0) is 15.0 Å². The highest BCUT2D eigenvalue weighted by molar-refractivity contribution is 6.09. The van der Waals surface area contributed by atoms with E-state index in [2.05, 4.69) is 31.4 Å². The van der Waals surface area contributed by atoms with Crippen molar-refractivity contribution in [3.05, 3.63) is 29.8 Å². The molecular formula is C23H33N3O4. The summed E-state index contributed by atoms with van der Waals surface area (Å²) in [5.41, 5.74) is 0.472. The van der Waals surface area contributed by atoms with Crippen LogP contribution >= 0.6 is 0 Å². The first-order valence-electron chi connectivity index (χ1n) is 10.8. The highest BCUT2D eigenvalue weighted by Crippen LogP contribution is 2.38. The lowest BCUT2D eigenvalue weighted by Crippen LogP contribution is -2.54. The number of hydrogen-bond donors (Lipinski definition) is 2. The molecule has 1 aliphatic heterocycles. The first kappa shape index (κ1) is 22.1. The second-order valence-corrected chi connectivity index (χ2v) is 9.41. The van der Waals surface area contributed by atoms with Gasteiger partial charge in [0.15, 0.2) is 0 Å². The summed E-state index contributed by atoms with van der Waals surface area (Å²) >= 11 is 0. The van der Waals surface area contributed by atoms with Gasteiger partial charge in [0.25, 0.3) is 5.91 Å². The minimum absolute atomic E-state index is 0.0776. The van der Waals surface area contributed by atoms with Crippen molar-refractivity contribution >= 4 is 17.8 Å². The van der Waals surface area contributed by atoms with Gasteiger partial charge in [-0.15, -0.1) is 0 Å². The largest absolute Gasteiger partial charge is 0.492 e. The van der Waals surface area contributed by atoms with E-state index in [-0.39, 0.29) is 29.7 Å². The number of ether oxygens (including phenoxy) is 1. The Morgan fingerprint density at radius 2 is 1.93 bits per heavy atom. The highest BCUT2D eigenvalue weighted by atomic mass is 16.5. The Bertz CT molecular complexity index is 800. The summed E-state index contributed by atoms with van der Waals surface area (Å²) in [5, 5.41) is 5.58. The van der Waals surface area contributed by atoms with Crippen molar-refractivity contribution < 1.29 is 19.1 Å². The Morgan fingerprint density at radius 1 is 1.23 bits per heavy atom. The van der Waals surface area contributed by atoms with Gasteiger partial charge in [0.1, 0.15) is 24.4 Å². The van der Waals surface area contributed by atoms with Gasteiger partial charge in [-0.05, 0) is 41.9 Å². The van der Waals surface area contributed by atoms with Crippen LogP contribution in [0.5, 0.6) is 5.75 Å². The van der Waals surface area contributed by atoms with Crippen LogP contribution in [0, 0.1) is 5.92 Å². The second-order valence-electron chi connectivity index (χ2n) is 9.41. The van der Waals surface area contributed by atoms with Crippen molar-refractivity contribution in [2.45, 2.75) is 64.3 Å². The molecule has 164 valence electrons. The minimum Gasteiger partial charge on any atom is -0.492 e. The molecule has 2 aliphatic rings. The van der Waals surface area contributed by atoms with E-state index < -0.39 is 11.6 Å². The zero-order chi connectivity index (χ0) is 21.9. The van der Waals surface area contributed by atoms with E-state index in [4.69, 9.17) is 4.74 Å². The number of rotatable bonds is 6. The lowest BCUT2D eigenvalue weighted by Gasteiger charge is -2.36. The maximum atomic E-state index is 12.9. The van der Waals surface area contributed by atoms with E-state index in [0.717, 1.165) is 29.9 Å². The summed E-state index contributed by atoms with van der Waals surface area (Å²) in [6.07, 6.45) is 3.51. The summed E-state index contributed by atoms with van der Waals surface area (Å²) in [7, 11) is 0. The van der Waals surface area contributed by atoms with Gasteiger partial charge in [-0.2, -0.15) is 0 Å². The summed E-state index contributed by atoms with van der Waals surface area (Å²) in [5.74, 6) is 0.170. The van der Waals surface area contributed by atoms with Crippen molar-refractivity contribution in [2.75, 3.05) is 19.7 Å². The van der Waals surface area contributed by atoms with Crippen LogP contribution in [-0.4, -0.2) is 48.0 Å². The van der Waals surface area contributed by atoms with E-state index in [1.807, 2.05) is 31.2 Å². The van der Waals surface area contributed by atoms with Crippen molar-refractivity contribution in [3.63, 3.8) is 0 Å². The zero-order valence-corrected chi connectivity index (χ0v) is 18.4. The first-order valence-corrected chi connectivity index (χ1v) is 10.8. The Kier molecular flexibility index (Phi) is 6.38. The molecule has 0 bridgehead atoms. The molecule has 1 aromatic rings. The molecule has 30 heavy (non-hydrogen) atoms. The van der Waals surface area contributed by atoms with Gasteiger partial charge in [0, 0.05) is 0 Å². The smallest absolute Gasteiger partial charge is 0.325 e. The molecule has 1 saturated heterocycles. The predicted octanol–water partition coefficient (Wildman–Crippen LogP) is 2.98. The summed E-state index contributed by atoms with van der Waals surface area (Å²) in [6, 6.07) is 7.43. The number of carbonyl (C=O) groups excluding carboxylic acids is 3. The number of amides is 4. The molecule has 2 N–H and O–H groups in total. The second kappa shape index (κ2) is 8.66. The Hall–Kier alpha value is -2.57. The van der Waals surface area contributed by atoms with Crippen LogP contribution in [0.4, 0.5) is 4.79 Å². The van der Waals surface area contributed by atoms with Crippen LogP contribution in [0.25, 0.3) is 0 Å². The maximum Gasteiger partial charge on any atom is 0.325 e. The molecule has 0 aromatic heterocycles. The number of imide groups is 1. The van der Waals surface area contributed by atoms with Crippen molar-refractivity contribution in [1.29, 1.82) is 0 Å². The zero-order valence-electron chi connectivity index (χ0n) is 18.4. The SMILES string of the molecule is C[C@H]1CCCC[C@@]12NC(=O)N(CC(=O)NCCOc1ccc(C(C)(C)C)cc1)C2=O. The molecule has 0 radical (unpaired) electrons. The molecule has 0 unspecified atom stereocenters. The minimum atomic E-state index is -0.835. The highest BCUT2D eigenvalue weighted by Gasteiger charge is 2.55.